The molecule has 0 aromatic heterocycles. The quantitative estimate of drug-likeness (QED) is 0.850. The van der Waals surface area contributed by atoms with Crippen molar-refractivity contribution >= 4 is 10.8 Å². The van der Waals surface area contributed by atoms with E-state index in [-0.39, 0.29) is 6.10 Å². The molecule has 96 valence electrons. The van der Waals surface area contributed by atoms with E-state index in [4.69, 9.17) is 15.2 Å². The average molecular weight is 245 g/mol. The van der Waals surface area contributed by atoms with Gasteiger partial charge in [-0.3, -0.25) is 0 Å². The maximum atomic E-state index is 5.82. The Morgan fingerprint density at radius 3 is 2.67 bits per heavy atom. The van der Waals surface area contributed by atoms with Gasteiger partial charge >= 0.3 is 0 Å². The zero-order valence-electron chi connectivity index (χ0n) is 10.6. The van der Waals surface area contributed by atoms with Crippen LogP contribution in [0.4, 0.5) is 0 Å². The number of rotatable bonds is 6. The molecule has 2 aromatic carbocycles. The van der Waals surface area contributed by atoms with Gasteiger partial charge in [0.1, 0.15) is 18.5 Å². The maximum absolute atomic E-state index is 5.82. The van der Waals surface area contributed by atoms with E-state index in [0.717, 1.165) is 11.1 Å². The molecule has 0 amide bonds. The van der Waals surface area contributed by atoms with Gasteiger partial charge in [-0.25, -0.2) is 0 Å². The van der Waals surface area contributed by atoms with Crippen molar-refractivity contribution in [3.63, 3.8) is 0 Å². The molecule has 0 aliphatic heterocycles. The second-order valence-electron chi connectivity index (χ2n) is 4.10. The second-order valence-corrected chi connectivity index (χ2v) is 4.10. The zero-order chi connectivity index (χ0) is 12.8. The van der Waals surface area contributed by atoms with Crippen molar-refractivity contribution < 1.29 is 9.47 Å². The summed E-state index contributed by atoms with van der Waals surface area (Å²) in [4.78, 5) is 0. The highest BCUT2D eigenvalue weighted by atomic mass is 16.5. The molecule has 0 aliphatic carbocycles. The molecule has 0 saturated carbocycles. The van der Waals surface area contributed by atoms with Gasteiger partial charge in [-0.05, 0) is 18.4 Å². The van der Waals surface area contributed by atoms with E-state index in [0.29, 0.717) is 19.8 Å². The molecule has 0 aliphatic rings. The summed E-state index contributed by atoms with van der Waals surface area (Å²) >= 11 is 0. The van der Waals surface area contributed by atoms with E-state index in [1.54, 1.807) is 0 Å². The predicted octanol–water partition coefficient (Wildman–Crippen LogP) is 2.58. The summed E-state index contributed by atoms with van der Waals surface area (Å²) in [5.74, 6) is 0.881. The lowest BCUT2D eigenvalue weighted by Crippen LogP contribution is -2.30. The van der Waals surface area contributed by atoms with Crippen LogP contribution in [0.25, 0.3) is 10.8 Å². The Morgan fingerprint density at radius 1 is 1.11 bits per heavy atom. The molecule has 3 nitrogen and oxygen atoms in total. The van der Waals surface area contributed by atoms with Crippen molar-refractivity contribution in [1.82, 2.24) is 0 Å². The minimum absolute atomic E-state index is 0.0473. The van der Waals surface area contributed by atoms with Crippen LogP contribution in [0.15, 0.2) is 42.5 Å². The number of hydrogen-bond acceptors (Lipinski definition) is 3. The third kappa shape index (κ3) is 3.00. The van der Waals surface area contributed by atoms with Crippen LogP contribution in [-0.4, -0.2) is 25.9 Å². The first-order valence-electron chi connectivity index (χ1n) is 6.27. The van der Waals surface area contributed by atoms with Gasteiger partial charge in [-0.15, -0.1) is 0 Å². The first kappa shape index (κ1) is 12.9. The molecule has 0 saturated heterocycles. The van der Waals surface area contributed by atoms with Crippen LogP contribution in [0.5, 0.6) is 5.75 Å². The Morgan fingerprint density at radius 2 is 1.89 bits per heavy atom. The first-order chi connectivity index (χ1) is 8.85. The van der Waals surface area contributed by atoms with Crippen molar-refractivity contribution in [2.75, 3.05) is 19.8 Å². The van der Waals surface area contributed by atoms with Crippen molar-refractivity contribution in [3.8, 4) is 5.75 Å². The van der Waals surface area contributed by atoms with Gasteiger partial charge in [0.15, 0.2) is 0 Å². The Bertz CT molecular complexity index is 493. The molecule has 1 unspecified atom stereocenters. The summed E-state index contributed by atoms with van der Waals surface area (Å²) in [7, 11) is 0. The highest BCUT2D eigenvalue weighted by molar-refractivity contribution is 5.88. The van der Waals surface area contributed by atoms with E-state index < -0.39 is 0 Å². The Labute approximate surface area is 108 Å². The van der Waals surface area contributed by atoms with Gasteiger partial charge in [-0.1, -0.05) is 36.4 Å². The van der Waals surface area contributed by atoms with Crippen LogP contribution in [0.3, 0.4) is 0 Å². The summed E-state index contributed by atoms with van der Waals surface area (Å²) in [6.07, 6.45) is -0.0473. The molecule has 1 atom stereocenters. The molecule has 0 fully saturated rings. The number of ether oxygens (including phenoxy) is 2. The molecule has 0 radical (unpaired) electrons. The van der Waals surface area contributed by atoms with E-state index in [1.807, 2.05) is 31.2 Å². The lowest BCUT2D eigenvalue weighted by atomic mass is 10.1. The Balaban J connectivity index is 2.11. The first-order valence-corrected chi connectivity index (χ1v) is 6.27. The number of benzene rings is 2. The van der Waals surface area contributed by atoms with E-state index in [9.17, 15) is 0 Å². The van der Waals surface area contributed by atoms with E-state index in [1.165, 1.54) is 5.39 Å². The third-order valence-electron chi connectivity index (χ3n) is 2.84. The van der Waals surface area contributed by atoms with Gasteiger partial charge in [0.05, 0.1) is 0 Å². The fraction of sp³-hybridized carbons (Fsp3) is 0.333. The van der Waals surface area contributed by atoms with Crippen LogP contribution in [-0.2, 0) is 4.74 Å². The standard InChI is InChI=1S/C15H19NO2/c1-2-17-13(10-16)11-18-15-9-5-7-12-6-3-4-8-14(12)15/h3-9,13H,2,10-11,16H2,1H3. The fourth-order valence-corrected chi connectivity index (χ4v) is 1.92. The summed E-state index contributed by atoms with van der Waals surface area (Å²) in [5.41, 5.74) is 5.63. The summed E-state index contributed by atoms with van der Waals surface area (Å²) in [6.45, 7) is 3.57. The minimum Gasteiger partial charge on any atom is -0.490 e. The van der Waals surface area contributed by atoms with E-state index in [2.05, 4.69) is 18.2 Å². The van der Waals surface area contributed by atoms with Crippen molar-refractivity contribution in [3.05, 3.63) is 42.5 Å². The lowest BCUT2D eigenvalue weighted by molar-refractivity contribution is 0.0341. The topological polar surface area (TPSA) is 44.5 Å². The molecular weight excluding hydrogens is 226 g/mol. The predicted molar refractivity (Wildman–Crippen MR) is 73.9 cm³/mol. The zero-order valence-corrected chi connectivity index (χ0v) is 10.6. The molecule has 2 rings (SSSR count). The van der Waals surface area contributed by atoms with Gasteiger partial charge in [0, 0.05) is 18.5 Å². The molecule has 0 heterocycles. The number of hydrogen-bond donors (Lipinski definition) is 1. The van der Waals surface area contributed by atoms with Gasteiger partial charge < -0.3 is 15.2 Å². The molecule has 0 spiro atoms. The summed E-state index contributed by atoms with van der Waals surface area (Å²) in [6, 6.07) is 14.2. The monoisotopic (exact) mass is 245 g/mol. The van der Waals surface area contributed by atoms with Gasteiger partial charge in [-0.2, -0.15) is 0 Å². The highest BCUT2D eigenvalue weighted by Gasteiger charge is 2.08. The molecule has 2 aromatic rings. The van der Waals surface area contributed by atoms with Crippen LogP contribution in [0.2, 0.25) is 0 Å². The van der Waals surface area contributed by atoms with Crippen LogP contribution < -0.4 is 10.5 Å². The smallest absolute Gasteiger partial charge is 0.127 e. The normalized spacial score (nSPS) is 12.6. The molecule has 3 heteroatoms. The van der Waals surface area contributed by atoms with Crippen LogP contribution >= 0.6 is 0 Å². The van der Waals surface area contributed by atoms with Crippen molar-refractivity contribution in [2.24, 2.45) is 5.73 Å². The number of fused-ring (bicyclic) bond motifs is 1. The maximum Gasteiger partial charge on any atom is 0.127 e. The van der Waals surface area contributed by atoms with Gasteiger partial charge in [0.2, 0.25) is 0 Å². The van der Waals surface area contributed by atoms with E-state index >= 15 is 0 Å². The van der Waals surface area contributed by atoms with Crippen LogP contribution in [0, 0.1) is 0 Å². The number of nitrogens with two attached hydrogens (primary N) is 1. The SMILES string of the molecule is CCOC(CN)COc1cccc2ccccc12. The Hall–Kier alpha value is -1.58. The van der Waals surface area contributed by atoms with Crippen molar-refractivity contribution in [1.29, 1.82) is 0 Å². The highest BCUT2D eigenvalue weighted by Crippen LogP contribution is 2.25. The van der Waals surface area contributed by atoms with Crippen LogP contribution in [0.1, 0.15) is 6.92 Å². The van der Waals surface area contributed by atoms with Gasteiger partial charge in [0.25, 0.3) is 0 Å². The fourth-order valence-electron chi connectivity index (χ4n) is 1.92. The minimum atomic E-state index is -0.0473. The molecular formula is C15H19NO2. The molecule has 2 N–H and O–H groups in total. The second kappa shape index (κ2) is 6.38. The average Bonchev–Trinajstić information content (AvgIpc) is 2.43. The molecule has 18 heavy (non-hydrogen) atoms. The Kier molecular flexibility index (Phi) is 4.56. The van der Waals surface area contributed by atoms with Crippen molar-refractivity contribution in [2.45, 2.75) is 13.0 Å². The lowest BCUT2D eigenvalue weighted by Gasteiger charge is -2.16. The largest absolute Gasteiger partial charge is 0.490 e. The molecule has 0 bridgehead atoms. The summed E-state index contributed by atoms with van der Waals surface area (Å²) in [5, 5.41) is 2.29. The third-order valence-corrected chi connectivity index (χ3v) is 2.84. The summed E-state index contributed by atoms with van der Waals surface area (Å²) < 4.78 is 11.3.